The van der Waals surface area contributed by atoms with Gasteiger partial charge in [0.15, 0.2) is 0 Å². The summed E-state index contributed by atoms with van der Waals surface area (Å²) in [6.45, 7) is 4.62. The Hall–Kier alpha value is -3.08. The highest BCUT2D eigenvalue weighted by atomic mass is 16.4. The van der Waals surface area contributed by atoms with E-state index in [4.69, 9.17) is 4.42 Å². The van der Waals surface area contributed by atoms with Crippen molar-refractivity contribution in [3.63, 3.8) is 0 Å². The lowest BCUT2D eigenvalue weighted by molar-refractivity contribution is 0.0742. The molecule has 0 saturated carbocycles. The average Bonchev–Trinajstić information content (AvgIpc) is 2.68. The first-order valence-corrected chi connectivity index (χ1v) is 8.75. The third-order valence-corrected chi connectivity index (χ3v) is 4.81. The maximum Gasteiger partial charge on any atom is 0.349 e. The van der Waals surface area contributed by atoms with E-state index in [0.29, 0.717) is 18.7 Å². The van der Waals surface area contributed by atoms with E-state index in [9.17, 15) is 9.59 Å². The predicted octanol–water partition coefficient (Wildman–Crippen LogP) is 3.06. The fraction of sp³-hybridized carbons (Fsp3) is 0.238. The van der Waals surface area contributed by atoms with Gasteiger partial charge in [0.25, 0.3) is 5.91 Å². The molecule has 1 amide bonds. The highest BCUT2D eigenvalue weighted by Crippen LogP contribution is 2.18. The number of carbonyl (C=O) groups is 1. The highest BCUT2D eigenvalue weighted by molar-refractivity contribution is 5.96. The molecule has 3 aromatic rings. The summed E-state index contributed by atoms with van der Waals surface area (Å²) in [5.41, 5.74) is 2.25. The SMILES string of the molecule is Cc1ccc2oc(=O)c(C(=O)N3CCN(c4ccccc4)CC3)cc2c1. The van der Waals surface area contributed by atoms with Gasteiger partial charge < -0.3 is 14.2 Å². The van der Waals surface area contributed by atoms with Crippen LogP contribution < -0.4 is 10.5 Å². The second-order valence-corrected chi connectivity index (χ2v) is 6.60. The number of carbonyl (C=O) groups excluding carboxylic acids is 1. The molecule has 2 heterocycles. The molecule has 0 atom stereocenters. The van der Waals surface area contributed by atoms with Crippen molar-refractivity contribution in [2.75, 3.05) is 31.1 Å². The van der Waals surface area contributed by atoms with Crippen molar-refractivity contribution in [3.05, 3.63) is 76.1 Å². The van der Waals surface area contributed by atoms with Gasteiger partial charge in [-0.15, -0.1) is 0 Å². The zero-order chi connectivity index (χ0) is 18.1. The molecule has 0 radical (unpaired) electrons. The van der Waals surface area contributed by atoms with Crippen LogP contribution in [0.3, 0.4) is 0 Å². The number of anilines is 1. The fourth-order valence-corrected chi connectivity index (χ4v) is 3.37. The van der Waals surface area contributed by atoms with Crippen LogP contribution in [0.15, 0.2) is 63.8 Å². The Morgan fingerprint density at radius 1 is 0.962 bits per heavy atom. The summed E-state index contributed by atoms with van der Waals surface area (Å²) in [5, 5.41) is 0.774. The van der Waals surface area contributed by atoms with Gasteiger partial charge in [0.1, 0.15) is 11.1 Å². The zero-order valence-corrected chi connectivity index (χ0v) is 14.6. The largest absolute Gasteiger partial charge is 0.422 e. The molecule has 4 rings (SSSR count). The first-order chi connectivity index (χ1) is 12.6. The number of piperazine rings is 1. The molecule has 1 saturated heterocycles. The molecule has 0 aliphatic carbocycles. The van der Waals surface area contributed by atoms with Crippen LogP contribution in [0.25, 0.3) is 11.0 Å². The van der Waals surface area contributed by atoms with Crippen molar-refractivity contribution in [1.82, 2.24) is 4.90 Å². The standard InChI is InChI=1S/C21H20N2O3/c1-15-7-8-19-16(13-15)14-18(21(25)26-19)20(24)23-11-9-22(10-12-23)17-5-3-2-4-6-17/h2-8,13-14H,9-12H2,1H3. The lowest BCUT2D eigenvalue weighted by Crippen LogP contribution is -2.49. The first kappa shape index (κ1) is 16.4. The van der Waals surface area contributed by atoms with E-state index in [-0.39, 0.29) is 11.5 Å². The number of aryl methyl sites for hydroxylation is 1. The molecule has 0 unspecified atom stereocenters. The Morgan fingerprint density at radius 2 is 1.69 bits per heavy atom. The second-order valence-electron chi connectivity index (χ2n) is 6.60. The molecule has 1 aliphatic heterocycles. The Kier molecular flexibility index (Phi) is 4.21. The molecule has 0 N–H and O–H groups in total. The molecule has 5 nitrogen and oxygen atoms in total. The zero-order valence-electron chi connectivity index (χ0n) is 14.6. The summed E-state index contributed by atoms with van der Waals surface area (Å²) in [7, 11) is 0. The summed E-state index contributed by atoms with van der Waals surface area (Å²) in [4.78, 5) is 29.1. The second kappa shape index (κ2) is 6.67. The number of nitrogens with zero attached hydrogens (tertiary/aromatic N) is 2. The molecule has 26 heavy (non-hydrogen) atoms. The van der Waals surface area contributed by atoms with E-state index in [1.165, 1.54) is 0 Å². The summed E-state index contributed by atoms with van der Waals surface area (Å²) >= 11 is 0. The minimum atomic E-state index is -0.572. The molecule has 1 aliphatic rings. The smallest absolute Gasteiger partial charge is 0.349 e. The van der Waals surface area contributed by atoms with E-state index in [1.807, 2.05) is 37.3 Å². The van der Waals surface area contributed by atoms with Crippen molar-refractivity contribution >= 4 is 22.6 Å². The lowest BCUT2D eigenvalue weighted by Gasteiger charge is -2.36. The van der Waals surface area contributed by atoms with E-state index in [0.717, 1.165) is 29.7 Å². The number of rotatable bonds is 2. The summed E-state index contributed by atoms with van der Waals surface area (Å²) in [6, 6.07) is 17.4. The number of hydrogen-bond donors (Lipinski definition) is 0. The number of para-hydroxylation sites is 1. The topological polar surface area (TPSA) is 53.8 Å². The quantitative estimate of drug-likeness (QED) is 0.668. The van der Waals surface area contributed by atoms with Gasteiger partial charge in [-0.1, -0.05) is 29.8 Å². The van der Waals surface area contributed by atoms with Gasteiger partial charge in [-0.25, -0.2) is 4.79 Å². The van der Waals surface area contributed by atoms with Crippen LogP contribution in [0.4, 0.5) is 5.69 Å². The highest BCUT2D eigenvalue weighted by Gasteiger charge is 2.25. The summed E-state index contributed by atoms with van der Waals surface area (Å²) < 4.78 is 5.34. The Labute approximate surface area is 151 Å². The van der Waals surface area contributed by atoms with Crippen molar-refractivity contribution in [2.24, 2.45) is 0 Å². The van der Waals surface area contributed by atoms with Crippen LogP contribution in [-0.4, -0.2) is 37.0 Å². The summed E-state index contributed by atoms with van der Waals surface area (Å²) in [5.74, 6) is -0.255. The Morgan fingerprint density at radius 3 is 2.42 bits per heavy atom. The van der Waals surface area contributed by atoms with E-state index >= 15 is 0 Å². The molecular formula is C21H20N2O3. The van der Waals surface area contributed by atoms with Crippen LogP contribution in [0.5, 0.6) is 0 Å². The molecule has 132 valence electrons. The van der Waals surface area contributed by atoms with E-state index in [2.05, 4.69) is 17.0 Å². The van der Waals surface area contributed by atoms with Crippen LogP contribution in [-0.2, 0) is 0 Å². The van der Waals surface area contributed by atoms with Crippen molar-refractivity contribution < 1.29 is 9.21 Å². The van der Waals surface area contributed by atoms with Crippen molar-refractivity contribution in [1.29, 1.82) is 0 Å². The molecule has 1 fully saturated rings. The maximum atomic E-state index is 12.8. The molecule has 1 aromatic heterocycles. The number of fused-ring (bicyclic) bond motifs is 1. The summed E-state index contributed by atoms with van der Waals surface area (Å²) in [6.07, 6.45) is 0. The Bertz CT molecular complexity index is 1000. The average molecular weight is 348 g/mol. The minimum Gasteiger partial charge on any atom is -0.422 e. The molecule has 2 aromatic carbocycles. The van der Waals surface area contributed by atoms with Crippen molar-refractivity contribution in [3.8, 4) is 0 Å². The van der Waals surface area contributed by atoms with Gasteiger partial charge in [-0.2, -0.15) is 0 Å². The van der Waals surface area contributed by atoms with Crippen LogP contribution in [0.1, 0.15) is 15.9 Å². The van der Waals surface area contributed by atoms with Gasteiger partial charge >= 0.3 is 5.63 Å². The normalized spacial score (nSPS) is 14.7. The first-order valence-electron chi connectivity index (χ1n) is 8.75. The minimum absolute atomic E-state index is 0.108. The molecule has 0 bridgehead atoms. The third kappa shape index (κ3) is 3.08. The molecular weight excluding hydrogens is 328 g/mol. The van der Waals surface area contributed by atoms with Gasteiger partial charge in [0.2, 0.25) is 0 Å². The van der Waals surface area contributed by atoms with E-state index in [1.54, 1.807) is 17.0 Å². The van der Waals surface area contributed by atoms with Crippen LogP contribution in [0, 0.1) is 6.92 Å². The monoisotopic (exact) mass is 348 g/mol. The predicted molar refractivity (Wildman–Crippen MR) is 102 cm³/mol. The maximum absolute atomic E-state index is 12.8. The number of hydrogen-bond acceptors (Lipinski definition) is 4. The third-order valence-electron chi connectivity index (χ3n) is 4.81. The van der Waals surface area contributed by atoms with Gasteiger partial charge in [0.05, 0.1) is 0 Å². The van der Waals surface area contributed by atoms with E-state index < -0.39 is 5.63 Å². The fourth-order valence-electron chi connectivity index (χ4n) is 3.37. The van der Waals surface area contributed by atoms with Gasteiger partial charge in [0, 0.05) is 37.3 Å². The van der Waals surface area contributed by atoms with Crippen LogP contribution >= 0.6 is 0 Å². The Balaban J connectivity index is 1.54. The molecule has 5 heteroatoms. The van der Waals surface area contributed by atoms with Crippen LogP contribution in [0.2, 0.25) is 0 Å². The molecule has 0 spiro atoms. The van der Waals surface area contributed by atoms with Crippen molar-refractivity contribution in [2.45, 2.75) is 6.92 Å². The number of benzene rings is 2. The lowest BCUT2D eigenvalue weighted by atomic mass is 10.1. The van der Waals surface area contributed by atoms with Gasteiger partial charge in [-0.3, -0.25) is 4.79 Å². The number of amides is 1. The van der Waals surface area contributed by atoms with Gasteiger partial charge in [-0.05, 0) is 37.3 Å².